The summed E-state index contributed by atoms with van der Waals surface area (Å²) in [4.78, 5) is 19.4. The number of nitrogens with one attached hydrogen (secondary N) is 1. The molecule has 0 aliphatic heterocycles. The molecule has 0 saturated heterocycles. The maximum Gasteiger partial charge on any atom is 0.326 e. The summed E-state index contributed by atoms with van der Waals surface area (Å²) in [5.74, 6) is 1.41. The number of hydrogen-bond acceptors (Lipinski definition) is 5. The molecule has 0 aliphatic carbocycles. The van der Waals surface area contributed by atoms with Gasteiger partial charge >= 0.3 is 5.69 Å². The molecule has 0 radical (unpaired) electrons. The van der Waals surface area contributed by atoms with Crippen molar-refractivity contribution in [3.8, 4) is 17.1 Å². The van der Waals surface area contributed by atoms with Crippen LogP contribution in [0.15, 0.2) is 51.8 Å². The molecule has 4 rings (SSSR count). The summed E-state index contributed by atoms with van der Waals surface area (Å²) in [7, 11) is 0. The van der Waals surface area contributed by atoms with Gasteiger partial charge in [-0.1, -0.05) is 29.7 Å². The molecule has 0 spiro atoms. The number of aromatic amines is 1. The topological polar surface area (TPSA) is 85.9 Å². The molecule has 4 aromatic rings. The van der Waals surface area contributed by atoms with Crippen LogP contribution < -0.4 is 10.4 Å². The molecule has 0 aliphatic rings. The van der Waals surface area contributed by atoms with Crippen LogP contribution in [0.4, 0.5) is 0 Å². The van der Waals surface area contributed by atoms with E-state index in [1.54, 1.807) is 16.7 Å². The van der Waals surface area contributed by atoms with Crippen LogP contribution in [-0.4, -0.2) is 19.7 Å². The predicted octanol–water partition coefficient (Wildman–Crippen LogP) is 4.58. The third-order valence-corrected chi connectivity index (χ3v) is 4.61. The first-order chi connectivity index (χ1) is 13.5. The molecular formula is C20H19ClN4O3. The van der Waals surface area contributed by atoms with Crippen LogP contribution in [0.1, 0.15) is 32.3 Å². The van der Waals surface area contributed by atoms with Gasteiger partial charge in [-0.2, -0.15) is 4.98 Å². The third kappa shape index (κ3) is 3.53. The van der Waals surface area contributed by atoms with Gasteiger partial charge in [-0.3, -0.25) is 4.57 Å². The van der Waals surface area contributed by atoms with Crippen molar-refractivity contribution in [2.75, 3.05) is 0 Å². The van der Waals surface area contributed by atoms with E-state index in [-0.39, 0.29) is 5.69 Å². The van der Waals surface area contributed by atoms with Crippen LogP contribution in [0, 0.1) is 0 Å². The molecule has 1 atom stereocenters. The molecule has 0 fully saturated rings. The number of halogens is 1. The van der Waals surface area contributed by atoms with Crippen LogP contribution in [0.5, 0.6) is 5.75 Å². The van der Waals surface area contributed by atoms with Crippen LogP contribution >= 0.6 is 11.6 Å². The van der Waals surface area contributed by atoms with Crippen molar-refractivity contribution in [2.45, 2.75) is 32.9 Å². The zero-order valence-electron chi connectivity index (χ0n) is 15.5. The maximum atomic E-state index is 12.1. The van der Waals surface area contributed by atoms with Crippen molar-refractivity contribution in [3.05, 3.63) is 63.9 Å². The average molecular weight is 399 g/mol. The normalized spacial score (nSPS) is 12.4. The molecule has 7 nitrogen and oxygen atoms in total. The van der Waals surface area contributed by atoms with Crippen molar-refractivity contribution in [1.82, 2.24) is 19.7 Å². The second kappa shape index (κ2) is 7.52. The van der Waals surface area contributed by atoms with Crippen LogP contribution in [0.3, 0.4) is 0 Å². The van der Waals surface area contributed by atoms with Crippen molar-refractivity contribution in [1.29, 1.82) is 0 Å². The molecule has 2 heterocycles. The standard InChI is InChI=1S/C20H19ClN4O3/c1-3-9-25-17-8-7-13(10-16(17)22-20(25)26)18-23-19(28-24-18)12(2)27-15-6-4-5-14(21)11-15/h4-8,10-12H,3,9H2,1-2H3,(H,22,26)/t12-/m1/s1. The quantitative estimate of drug-likeness (QED) is 0.513. The van der Waals surface area contributed by atoms with E-state index in [0.717, 1.165) is 23.0 Å². The number of aromatic nitrogens is 4. The highest BCUT2D eigenvalue weighted by Crippen LogP contribution is 2.26. The first kappa shape index (κ1) is 18.3. The molecule has 2 aromatic heterocycles. The summed E-state index contributed by atoms with van der Waals surface area (Å²) in [6, 6.07) is 12.7. The lowest BCUT2D eigenvalue weighted by Crippen LogP contribution is -2.16. The molecule has 0 bridgehead atoms. The Hall–Kier alpha value is -3.06. The van der Waals surface area contributed by atoms with Crippen LogP contribution in [0.25, 0.3) is 22.4 Å². The molecule has 0 saturated carbocycles. The lowest BCUT2D eigenvalue weighted by Gasteiger charge is -2.10. The highest BCUT2D eigenvalue weighted by molar-refractivity contribution is 6.30. The van der Waals surface area contributed by atoms with Crippen molar-refractivity contribution >= 4 is 22.6 Å². The molecule has 8 heteroatoms. The zero-order valence-corrected chi connectivity index (χ0v) is 16.2. The van der Waals surface area contributed by atoms with Gasteiger partial charge in [0.25, 0.3) is 5.89 Å². The fourth-order valence-electron chi connectivity index (χ4n) is 3.06. The maximum absolute atomic E-state index is 12.1. The summed E-state index contributed by atoms with van der Waals surface area (Å²) in [6.45, 7) is 4.53. The van der Waals surface area contributed by atoms with E-state index < -0.39 is 6.10 Å². The van der Waals surface area contributed by atoms with Gasteiger partial charge in [-0.25, -0.2) is 4.79 Å². The largest absolute Gasteiger partial charge is 0.481 e. The number of ether oxygens (including phenoxy) is 1. The Balaban J connectivity index is 1.59. The van der Waals surface area contributed by atoms with Gasteiger partial charge in [-0.05, 0) is 49.7 Å². The monoisotopic (exact) mass is 398 g/mol. The van der Waals surface area contributed by atoms with Crippen LogP contribution in [0.2, 0.25) is 5.02 Å². The molecule has 0 amide bonds. The van der Waals surface area contributed by atoms with E-state index in [1.807, 2.05) is 44.2 Å². The number of hydrogen-bond donors (Lipinski definition) is 1. The van der Waals surface area contributed by atoms with Crippen molar-refractivity contribution in [3.63, 3.8) is 0 Å². The summed E-state index contributed by atoms with van der Waals surface area (Å²) in [6.07, 6.45) is 0.446. The number of fused-ring (bicyclic) bond motifs is 1. The highest BCUT2D eigenvalue weighted by Gasteiger charge is 2.18. The van der Waals surface area contributed by atoms with Gasteiger partial charge in [0.15, 0.2) is 6.10 Å². The third-order valence-electron chi connectivity index (χ3n) is 4.38. The number of H-pyrrole nitrogens is 1. The zero-order chi connectivity index (χ0) is 19.7. The Labute approximate surface area is 165 Å². The Morgan fingerprint density at radius 1 is 1.29 bits per heavy atom. The number of aryl methyl sites for hydroxylation is 1. The van der Waals surface area contributed by atoms with E-state index in [0.29, 0.717) is 29.0 Å². The molecule has 28 heavy (non-hydrogen) atoms. The summed E-state index contributed by atoms with van der Waals surface area (Å²) in [5.41, 5.74) is 2.23. The summed E-state index contributed by atoms with van der Waals surface area (Å²) < 4.78 is 12.9. The Kier molecular flexibility index (Phi) is 4.92. The van der Waals surface area contributed by atoms with E-state index >= 15 is 0 Å². The lowest BCUT2D eigenvalue weighted by atomic mass is 10.2. The number of rotatable bonds is 6. The Morgan fingerprint density at radius 3 is 2.93 bits per heavy atom. The van der Waals surface area contributed by atoms with E-state index in [2.05, 4.69) is 15.1 Å². The number of benzene rings is 2. The SMILES string of the molecule is CCCn1c(=O)[nH]c2cc(-c3noc([C@@H](C)Oc4cccc(Cl)c4)n3)ccc21. The average Bonchev–Trinajstić information content (AvgIpc) is 3.27. The molecule has 2 aromatic carbocycles. The Morgan fingerprint density at radius 2 is 2.14 bits per heavy atom. The minimum absolute atomic E-state index is 0.119. The van der Waals surface area contributed by atoms with Gasteiger partial charge in [0.1, 0.15) is 5.75 Å². The van der Waals surface area contributed by atoms with Gasteiger partial charge in [0, 0.05) is 17.1 Å². The molecule has 144 valence electrons. The lowest BCUT2D eigenvalue weighted by molar-refractivity contribution is 0.176. The molecular weight excluding hydrogens is 380 g/mol. The second-order valence-corrected chi connectivity index (χ2v) is 6.92. The van der Waals surface area contributed by atoms with Crippen LogP contribution in [-0.2, 0) is 6.54 Å². The predicted molar refractivity (Wildman–Crippen MR) is 107 cm³/mol. The minimum atomic E-state index is -0.436. The first-order valence-corrected chi connectivity index (χ1v) is 9.41. The molecule has 0 unspecified atom stereocenters. The number of nitrogens with zero attached hydrogens (tertiary/aromatic N) is 3. The van der Waals surface area contributed by atoms with Gasteiger partial charge < -0.3 is 14.2 Å². The summed E-state index contributed by atoms with van der Waals surface area (Å²) in [5, 5.41) is 4.64. The number of imidazole rings is 1. The minimum Gasteiger partial charge on any atom is -0.481 e. The van der Waals surface area contributed by atoms with Gasteiger partial charge in [0.2, 0.25) is 5.82 Å². The summed E-state index contributed by atoms with van der Waals surface area (Å²) >= 11 is 5.98. The highest BCUT2D eigenvalue weighted by atomic mass is 35.5. The van der Waals surface area contributed by atoms with E-state index in [9.17, 15) is 4.79 Å². The van der Waals surface area contributed by atoms with E-state index in [4.69, 9.17) is 20.9 Å². The second-order valence-electron chi connectivity index (χ2n) is 6.49. The molecule has 1 N–H and O–H groups in total. The fraction of sp³-hybridized carbons (Fsp3) is 0.250. The van der Waals surface area contributed by atoms with E-state index in [1.165, 1.54) is 0 Å². The van der Waals surface area contributed by atoms with Gasteiger partial charge in [-0.15, -0.1) is 0 Å². The smallest absolute Gasteiger partial charge is 0.326 e. The van der Waals surface area contributed by atoms with Gasteiger partial charge in [0.05, 0.1) is 11.0 Å². The fourth-order valence-corrected chi connectivity index (χ4v) is 3.24. The first-order valence-electron chi connectivity index (χ1n) is 9.04. The van der Waals surface area contributed by atoms with Crippen molar-refractivity contribution in [2.24, 2.45) is 0 Å². The van der Waals surface area contributed by atoms with Crippen molar-refractivity contribution < 1.29 is 9.26 Å². The Bertz CT molecular complexity index is 1180.